The molecule has 2 N–H and O–H groups in total. The van der Waals surface area contributed by atoms with Crippen LogP contribution in [0.15, 0.2) is 0 Å². The van der Waals surface area contributed by atoms with Crippen molar-refractivity contribution in [1.82, 2.24) is 4.90 Å². The fraction of sp³-hybridized carbons (Fsp3) is 0.818. The molecule has 90 valence electrons. The van der Waals surface area contributed by atoms with Crippen LogP contribution < -0.4 is 0 Å². The van der Waals surface area contributed by atoms with Gasteiger partial charge in [-0.3, -0.25) is 9.59 Å². The lowest BCUT2D eigenvalue weighted by molar-refractivity contribution is -0.161. The molecule has 1 amide bonds. The molecule has 5 heteroatoms. The van der Waals surface area contributed by atoms with E-state index in [-0.39, 0.29) is 11.8 Å². The van der Waals surface area contributed by atoms with E-state index >= 15 is 0 Å². The molecule has 1 saturated carbocycles. The highest BCUT2D eigenvalue weighted by Crippen LogP contribution is 2.35. The van der Waals surface area contributed by atoms with Crippen LogP contribution in [0.4, 0.5) is 0 Å². The molecule has 0 aromatic carbocycles. The quantitative estimate of drug-likeness (QED) is 0.700. The number of hydrogen-bond acceptors (Lipinski definition) is 3. The number of carboxylic acid groups (broad SMARTS) is 1. The molecule has 2 rings (SSSR count). The molecule has 0 radical (unpaired) electrons. The summed E-state index contributed by atoms with van der Waals surface area (Å²) < 4.78 is 0. The number of amides is 1. The maximum Gasteiger partial charge on any atom is 0.307 e. The summed E-state index contributed by atoms with van der Waals surface area (Å²) in [5, 5.41) is 18.5. The molecule has 0 bridgehead atoms. The molecule has 1 heterocycles. The third-order valence-corrected chi connectivity index (χ3v) is 3.53. The highest BCUT2D eigenvalue weighted by Gasteiger charge is 2.46. The predicted octanol–water partition coefficient (Wildman–Crippen LogP) is 0.0805. The van der Waals surface area contributed by atoms with Crippen LogP contribution in [0.5, 0.6) is 0 Å². The first-order chi connectivity index (χ1) is 7.41. The Labute approximate surface area is 94.0 Å². The summed E-state index contributed by atoms with van der Waals surface area (Å²) in [5.74, 6) is -1.88. The molecule has 1 aliphatic heterocycles. The van der Waals surface area contributed by atoms with Crippen LogP contribution in [0.25, 0.3) is 0 Å². The van der Waals surface area contributed by atoms with Crippen molar-refractivity contribution in [2.75, 3.05) is 13.1 Å². The normalized spacial score (nSPS) is 32.2. The van der Waals surface area contributed by atoms with Crippen LogP contribution in [-0.2, 0) is 9.59 Å². The van der Waals surface area contributed by atoms with E-state index in [9.17, 15) is 14.7 Å². The van der Waals surface area contributed by atoms with Gasteiger partial charge in [0.1, 0.15) is 0 Å². The monoisotopic (exact) mass is 227 g/mol. The second-order valence-corrected chi connectivity index (χ2v) is 5.17. The van der Waals surface area contributed by atoms with Crippen molar-refractivity contribution in [3.8, 4) is 0 Å². The summed E-state index contributed by atoms with van der Waals surface area (Å²) in [6.45, 7) is 2.34. The zero-order valence-electron chi connectivity index (χ0n) is 9.35. The summed E-state index contributed by atoms with van der Waals surface area (Å²) in [4.78, 5) is 24.5. The topological polar surface area (TPSA) is 77.8 Å². The second kappa shape index (κ2) is 3.73. The maximum atomic E-state index is 12.0. The molecular formula is C11H17NO4. The number of aliphatic carboxylic acids is 1. The molecule has 2 unspecified atom stereocenters. The van der Waals surface area contributed by atoms with E-state index in [0.717, 1.165) is 6.42 Å². The Balaban J connectivity index is 1.97. The second-order valence-electron chi connectivity index (χ2n) is 5.17. The van der Waals surface area contributed by atoms with Crippen molar-refractivity contribution in [1.29, 1.82) is 0 Å². The number of carboxylic acids is 1. The number of hydrogen-bond donors (Lipinski definition) is 2. The lowest BCUT2D eigenvalue weighted by Gasteiger charge is -2.45. The number of carbonyl (C=O) groups excluding carboxylic acids is 1. The van der Waals surface area contributed by atoms with Crippen molar-refractivity contribution in [2.45, 2.75) is 31.8 Å². The molecule has 2 fully saturated rings. The molecular weight excluding hydrogens is 210 g/mol. The minimum Gasteiger partial charge on any atom is -0.481 e. The highest BCUT2D eigenvalue weighted by atomic mass is 16.4. The molecule has 2 atom stereocenters. The van der Waals surface area contributed by atoms with Gasteiger partial charge in [0.15, 0.2) is 0 Å². The zero-order valence-corrected chi connectivity index (χ0v) is 9.35. The Hall–Kier alpha value is -1.10. The van der Waals surface area contributed by atoms with Gasteiger partial charge in [-0.15, -0.1) is 0 Å². The largest absolute Gasteiger partial charge is 0.481 e. The van der Waals surface area contributed by atoms with Gasteiger partial charge >= 0.3 is 5.97 Å². The summed E-state index contributed by atoms with van der Waals surface area (Å²) in [6, 6.07) is 0. The van der Waals surface area contributed by atoms with E-state index in [1.54, 1.807) is 11.8 Å². The summed E-state index contributed by atoms with van der Waals surface area (Å²) in [5.41, 5.74) is -0.785. The summed E-state index contributed by atoms with van der Waals surface area (Å²) in [7, 11) is 0. The van der Waals surface area contributed by atoms with Crippen molar-refractivity contribution in [3.63, 3.8) is 0 Å². The number of rotatable bonds is 2. The van der Waals surface area contributed by atoms with Crippen LogP contribution in [0.1, 0.15) is 26.2 Å². The first kappa shape index (κ1) is 11.4. The van der Waals surface area contributed by atoms with Crippen molar-refractivity contribution in [2.24, 2.45) is 11.8 Å². The average Bonchev–Trinajstić information content (AvgIpc) is 2.60. The zero-order chi connectivity index (χ0) is 11.9. The van der Waals surface area contributed by atoms with Crippen molar-refractivity contribution >= 4 is 11.9 Å². The summed E-state index contributed by atoms with van der Waals surface area (Å²) in [6.07, 6.45) is 2.06. The van der Waals surface area contributed by atoms with Gasteiger partial charge in [0.2, 0.25) is 5.91 Å². The van der Waals surface area contributed by atoms with E-state index in [4.69, 9.17) is 5.11 Å². The van der Waals surface area contributed by atoms with E-state index in [1.807, 2.05) is 0 Å². The molecule has 0 aromatic rings. The molecule has 1 aliphatic carbocycles. The molecule has 16 heavy (non-hydrogen) atoms. The fourth-order valence-electron chi connectivity index (χ4n) is 2.72. The fourth-order valence-corrected chi connectivity index (χ4v) is 2.72. The van der Waals surface area contributed by atoms with Crippen molar-refractivity contribution in [3.05, 3.63) is 0 Å². The van der Waals surface area contributed by atoms with E-state index in [0.29, 0.717) is 25.9 Å². The molecule has 0 spiro atoms. The summed E-state index contributed by atoms with van der Waals surface area (Å²) >= 11 is 0. The highest BCUT2D eigenvalue weighted by molar-refractivity contribution is 5.86. The van der Waals surface area contributed by atoms with Gasteiger partial charge < -0.3 is 15.1 Å². The van der Waals surface area contributed by atoms with E-state index in [2.05, 4.69) is 0 Å². The molecule has 1 saturated heterocycles. The van der Waals surface area contributed by atoms with Crippen LogP contribution in [0, 0.1) is 11.8 Å². The minimum absolute atomic E-state index is 0.101. The Morgan fingerprint density at radius 3 is 2.31 bits per heavy atom. The first-order valence-electron chi connectivity index (χ1n) is 5.65. The van der Waals surface area contributed by atoms with Crippen molar-refractivity contribution < 1.29 is 19.8 Å². The average molecular weight is 227 g/mol. The number of β-amino-alcohol motifs (C(OH)–C–C–N with tert-alkyl or cyclic N) is 1. The Morgan fingerprint density at radius 1 is 1.25 bits per heavy atom. The molecule has 0 aromatic heterocycles. The van der Waals surface area contributed by atoms with Gasteiger partial charge in [-0.2, -0.15) is 0 Å². The van der Waals surface area contributed by atoms with Gasteiger partial charge in [-0.05, 0) is 19.8 Å². The standard InChI is InChI=1S/C11H17NO4/c1-11(16)5-12(6-11)9(13)7-3-2-4-8(7)10(14)15/h7-8,16H,2-6H2,1H3,(H,14,15). The number of nitrogens with zero attached hydrogens (tertiary/aromatic N) is 1. The van der Waals surface area contributed by atoms with Crippen LogP contribution >= 0.6 is 0 Å². The van der Waals surface area contributed by atoms with Gasteiger partial charge in [-0.25, -0.2) is 0 Å². The Morgan fingerprint density at radius 2 is 1.81 bits per heavy atom. The minimum atomic E-state index is -0.872. The van der Waals surface area contributed by atoms with Gasteiger partial charge in [0, 0.05) is 0 Å². The van der Waals surface area contributed by atoms with E-state index in [1.165, 1.54) is 0 Å². The maximum absolute atomic E-state index is 12.0. The first-order valence-corrected chi connectivity index (χ1v) is 5.65. The Kier molecular flexibility index (Phi) is 2.66. The third-order valence-electron chi connectivity index (χ3n) is 3.53. The number of carbonyl (C=O) groups is 2. The van der Waals surface area contributed by atoms with Crippen LogP contribution in [-0.4, -0.2) is 45.7 Å². The molecule has 2 aliphatic rings. The third kappa shape index (κ3) is 1.91. The van der Waals surface area contributed by atoms with Gasteiger partial charge in [-0.1, -0.05) is 6.42 Å². The SMILES string of the molecule is CC1(O)CN(C(=O)C2CCCC2C(=O)O)C1. The van der Waals surface area contributed by atoms with Crippen LogP contribution in [0.2, 0.25) is 0 Å². The lowest BCUT2D eigenvalue weighted by Crippen LogP contribution is -2.63. The Bertz CT molecular complexity index is 318. The number of likely N-dealkylation sites (tertiary alicyclic amines) is 1. The lowest BCUT2D eigenvalue weighted by atomic mass is 9.90. The van der Waals surface area contributed by atoms with Gasteiger partial charge in [0.05, 0.1) is 30.5 Å². The van der Waals surface area contributed by atoms with E-state index < -0.39 is 17.5 Å². The van der Waals surface area contributed by atoms with Crippen LogP contribution in [0.3, 0.4) is 0 Å². The van der Waals surface area contributed by atoms with Gasteiger partial charge in [0.25, 0.3) is 0 Å². The molecule has 5 nitrogen and oxygen atoms in total. The number of aliphatic hydroxyl groups is 1. The smallest absolute Gasteiger partial charge is 0.307 e. The predicted molar refractivity (Wildman–Crippen MR) is 55.7 cm³/mol.